The molecule has 9 heteroatoms. The van der Waals surface area contributed by atoms with Gasteiger partial charge in [0.15, 0.2) is 5.82 Å². The summed E-state index contributed by atoms with van der Waals surface area (Å²) >= 11 is 1.44. The fourth-order valence-corrected chi connectivity index (χ4v) is 5.26. The minimum Gasteiger partial charge on any atom is -0.480 e. The molecule has 1 N–H and O–H groups in total. The number of thiophene rings is 1. The van der Waals surface area contributed by atoms with Gasteiger partial charge >= 0.3 is 0 Å². The van der Waals surface area contributed by atoms with Crippen molar-refractivity contribution in [3.8, 4) is 5.88 Å². The molecule has 148 valence electrons. The van der Waals surface area contributed by atoms with Crippen LogP contribution >= 0.6 is 23.7 Å². The highest BCUT2D eigenvalue weighted by Crippen LogP contribution is 2.38. The lowest BCUT2D eigenvalue weighted by Crippen LogP contribution is -2.42. The molecule has 2 saturated heterocycles. The van der Waals surface area contributed by atoms with Crippen LogP contribution in [0, 0.1) is 6.92 Å². The lowest BCUT2D eigenvalue weighted by molar-refractivity contribution is 0.0685. The predicted octanol–water partition coefficient (Wildman–Crippen LogP) is 2.54. The molecule has 2 aromatic rings. The summed E-state index contributed by atoms with van der Waals surface area (Å²) in [5.41, 5.74) is 0.910. The fourth-order valence-electron chi connectivity index (χ4n) is 4.12. The van der Waals surface area contributed by atoms with Gasteiger partial charge in [-0.3, -0.25) is 4.79 Å². The zero-order valence-electron chi connectivity index (χ0n) is 15.8. The summed E-state index contributed by atoms with van der Waals surface area (Å²) in [6, 6.07) is 0.626. The van der Waals surface area contributed by atoms with Crippen LogP contribution in [0.2, 0.25) is 0 Å². The average molecular weight is 413 g/mol. The predicted molar refractivity (Wildman–Crippen MR) is 107 cm³/mol. The van der Waals surface area contributed by atoms with E-state index in [0.717, 1.165) is 53.0 Å². The standard InChI is InChI=1S/C18H24N4O3S.ClH/c1-10-14-16(25-3)20-13(9-24-2)21-17(14)26-15(10)18(23)22-11-4-5-12(22)8-19-7-6-11;/h11-12,19H,4-9H2,1-3H3;1H. The molecule has 0 spiro atoms. The second kappa shape index (κ2) is 8.26. The van der Waals surface area contributed by atoms with Gasteiger partial charge in [0.2, 0.25) is 5.88 Å². The first-order valence-corrected chi connectivity index (χ1v) is 9.82. The first kappa shape index (κ1) is 20.3. The molecule has 2 aliphatic heterocycles. The SMILES string of the molecule is COCc1nc(OC)c2c(C)c(C(=O)N3C4CCNCC3CC4)sc2n1.Cl. The largest absolute Gasteiger partial charge is 0.480 e. The zero-order chi connectivity index (χ0) is 18.3. The van der Waals surface area contributed by atoms with Crippen LogP contribution in [0.25, 0.3) is 10.2 Å². The molecule has 2 fully saturated rings. The van der Waals surface area contributed by atoms with E-state index in [2.05, 4.69) is 20.2 Å². The average Bonchev–Trinajstić information content (AvgIpc) is 3.09. The van der Waals surface area contributed by atoms with Crippen molar-refractivity contribution in [3.05, 3.63) is 16.3 Å². The third-order valence-corrected chi connectivity index (χ3v) is 6.53. The number of ether oxygens (including phenoxy) is 2. The monoisotopic (exact) mass is 412 g/mol. The maximum Gasteiger partial charge on any atom is 0.264 e. The van der Waals surface area contributed by atoms with E-state index >= 15 is 0 Å². The van der Waals surface area contributed by atoms with Gasteiger partial charge in [0.1, 0.15) is 11.4 Å². The molecule has 4 rings (SSSR count). The molecule has 2 unspecified atom stereocenters. The number of amides is 1. The van der Waals surface area contributed by atoms with Crippen molar-refractivity contribution in [2.24, 2.45) is 0 Å². The number of carbonyl (C=O) groups is 1. The Morgan fingerprint density at radius 3 is 2.78 bits per heavy atom. The third-order valence-electron chi connectivity index (χ3n) is 5.35. The van der Waals surface area contributed by atoms with Crippen LogP contribution < -0.4 is 10.1 Å². The van der Waals surface area contributed by atoms with E-state index in [1.165, 1.54) is 11.3 Å². The number of carbonyl (C=O) groups excluding carboxylic acids is 1. The lowest BCUT2D eigenvalue weighted by atomic mass is 10.1. The molecule has 0 aromatic carbocycles. The van der Waals surface area contributed by atoms with Crippen molar-refractivity contribution in [3.63, 3.8) is 0 Å². The molecule has 0 saturated carbocycles. The lowest BCUT2D eigenvalue weighted by Gasteiger charge is -2.27. The Bertz CT molecular complexity index is 830. The summed E-state index contributed by atoms with van der Waals surface area (Å²) in [6.45, 7) is 4.14. The first-order valence-electron chi connectivity index (χ1n) is 9.00. The van der Waals surface area contributed by atoms with Gasteiger partial charge < -0.3 is 19.7 Å². The summed E-state index contributed by atoms with van der Waals surface area (Å²) in [4.78, 5) is 26.0. The summed E-state index contributed by atoms with van der Waals surface area (Å²) in [5.74, 6) is 1.20. The second-order valence-corrected chi connectivity index (χ2v) is 7.91. The van der Waals surface area contributed by atoms with E-state index in [9.17, 15) is 4.79 Å². The third kappa shape index (κ3) is 3.51. The number of aromatic nitrogens is 2. The molecule has 2 atom stereocenters. The van der Waals surface area contributed by atoms with Crippen molar-refractivity contribution in [1.29, 1.82) is 0 Å². The van der Waals surface area contributed by atoms with E-state index in [1.807, 2.05) is 6.92 Å². The molecule has 2 aromatic heterocycles. The Labute approximate surface area is 168 Å². The van der Waals surface area contributed by atoms with Gasteiger partial charge in [-0.2, -0.15) is 4.98 Å². The maximum absolute atomic E-state index is 13.4. The van der Waals surface area contributed by atoms with Crippen molar-refractivity contribution in [2.75, 3.05) is 27.3 Å². The van der Waals surface area contributed by atoms with Crippen LogP contribution in [0.5, 0.6) is 5.88 Å². The molecule has 0 radical (unpaired) electrons. The molecule has 7 nitrogen and oxygen atoms in total. The number of aryl methyl sites for hydroxylation is 1. The van der Waals surface area contributed by atoms with Crippen molar-refractivity contribution < 1.29 is 14.3 Å². The number of nitrogens with zero attached hydrogens (tertiary/aromatic N) is 3. The molecule has 27 heavy (non-hydrogen) atoms. The number of methoxy groups -OCH3 is 2. The van der Waals surface area contributed by atoms with Crippen LogP contribution in [-0.2, 0) is 11.3 Å². The van der Waals surface area contributed by atoms with Gasteiger partial charge in [-0.25, -0.2) is 4.98 Å². The number of fused-ring (bicyclic) bond motifs is 3. The maximum atomic E-state index is 13.4. The molecule has 4 heterocycles. The molecular weight excluding hydrogens is 388 g/mol. The Morgan fingerprint density at radius 1 is 1.26 bits per heavy atom. The molecular formula is C18H25ClN4O3S. The Balaban J connectivity index is 0.00000210. The number of halogens is 1. The summed E-state index contributed by atoms with van der Waals surface area (Å²) < 4.78 is 10.6. The van der Waals surface area contributed by atoms with Gasteiger partial charge in [-0.1, -0.05) is 0 Å². The Morgan fingerprint density at radius 2 is 2.04 bits per heavy atom. The van der Waals surface area contributed by atoms with E-state index in [4.69, 9.17) is 9.47 Å². The van der Waals surface area contributed by atoms with Crippen molar-refractivity contribution in [2.45, 2.75) is 44.9 Å². The summed E-state index contributed by atoms with van der Waals surface area (Å²) in [6.07, 6.45) is 3.20. The molecule has 2 bridgehead atoms. The van der Waals surface area contributed by atoms with Gasteiger partial charge in [-0.05, 0) is 38.3 Å². The highest BCUT2D eigenvalue weighted by Gasteiger charge is 2.39. The van der Waals surface area contributed by atoms with Gasteiger partial charge in [0, 0.05) is 25.7 Å². The van der Waals surface area contributed by atoms with Crippen LogP contribution in [-0.4, -0.2) is 60.2 Å². The van der Waals surface area contributed by atoms with Gasteiger partial charge in [-0.15, -0.1) is 23.7 Å². The number of hydrogen-bond acceptors (Lipinski definition) is 7. The fraction of sp³-hybridized carbons (Fsp3) is 0.611. The quantitative estimate of drug-likeness (QED) is 0.831. The smallest absolute Gasteiger partial charge is 0.264 e. The van der Waals surface area contributed by atoms with Gasteiger partial charge in [0.05, 0.1) is 17.4 Å². The Kier molecular flexibility index (Phi) is 6.20. The highest BCUT2D eigenvalue weighted by molar-refractivity contribution is 7.20. The van der Waals surface area contributed by atoms with E-state index in [1.54, 1.807) is 14.2 Å². The van der Waals surface area contributed by atoms with Crippen LogP contribution in [0.4, 0.5) is 0 Å². The van der Waals surface area contributed by atoms with Crippen molar-refractivity contribution in [1.82, 2.24) is 20.2 Å². The van der Waals surface area contributed by atoms with Crippen LogP contribution in [0.15, 0.2) is 0 Å². The number of hydrogen-bond donors (Lipinski definition) is 1. The minimum absolute atomic E-state index is 0. The molecule has 2 aliphatic rings. The van der Waals surface area contributed by atoms with Crippen LogP contribution in [0.1, 0.15) is 40.3 Å². The summed E-state index contributed by atoms with van der Waals surface area (Å²) in [5, 5.41) is 4.28. The topological polar surface area (TPSA) is 76.6 Å². The van der Waals surface area contributed by atoms with E-state index < -0.39 is 0 Å². The second-order valence-electron chi connectivity index (χ2n) is 6.91. The highest BCUT2D eigenvalue weighted by atomic mass is 35.5. The van der Waals surface area contributed by atoms with E-state index in [-0.39, 0.29) is 24.4 Å². The molecule has 0 aliphatic carbocycles. The van der Waals surface area contributed by atoms with Crippen molar-refractivity contribution >= 4 is 39.9 Å². The Hall–Kier alpha value is -1.48. The number of nitrogens with one attached hydrogen (secondary N) is 1. The van der Waals surface area contributed by atoms with E-state index in [0.29, 0.717) is 24.4 Å². The van der Waals surface area contributed by atoms with Gasteiger partial charge in [0.25, 0.3) is 5.91 Å². The zero-order valence-corrected chi connectivity index (χ0v) is 17.4. The molecule has 1 amide bonds. The number of rotatable bonds is 4. The first-order chi connectivity index (χ1) is 12.6. The van der Waals surface area contributed by atoms with Crippen LogP contribution in [0.3, 0.4) is 0 Å². The summed E-state index contributed by atoms with van der Waals surface area (Å²) in [7, 11) is 3.20. The minimum atomic E-state index is 0. The normalized spacial score (nSPS) is 21.8.